The number of carboxylic acids is 1. The summed E-state index contributed by atoms with van der Waals surface area (Å²) in [7, 11) is 0. The number of nitrogens with zero attached hydrogens (tertiary/aromatic N) is 1. The second-order valence-corrected chi connectivity index (χ2v) is 5.78. The van der Waals surface area contributed by atoms with Gasteiger partial charge in [-0.1, -0.05) is 42.0 Å². The highest BCUT2D eigenvalue weighted by molar-refractivity contribution is 6.35. The average molecular weight is 307 g/mol. The van der Waals surface area contributed by atoms with E-state index >= 15 is 0 Å². The molecule has 0 amide bonds. The van der Waals surface area contributed by atoms with Crippen molar-refractivity contribution in [1.29, 1.82) is 0 Å². The van der Waals surface area contributed by atoms with Crippen molar-refractivity contribution in [2.75, 3.05) is 0 Å². The lowest BCUT2D eigenvalue weighted by molar-refractivity contribution is -0.132. The molecule has 0 atom stereocenters. The molecule has 0 bridgehead atoms. The molecule has 0 aliphatic heterocycles. The van der Waals surface area contributed by atoms with Gasteiger partial charge in [0.25, 0.3) is 0 Å². The van der Waals surface area contributed by atoms with Gasteiger partial charge in [-0.05, 0) is 31.9 Å². The molecule has 0 radical (unpaired) electrons. The van der Waals surface area contributed by atoms with E-state index in [1.807, 2.05) is 32.9 Å². The van der Waals surface area contributed by atoms with Crippen LogP contribution in [0.5, 0.6) is 0 Å². The third-order valence-corrected chi connectivity index (χ3v) is 3.98. The number of aryl methyl sites for hydroxylation is 3. The Labute approximate surface area is 134 Å². The molecule has 2 aromatic rings. The van der Waals surface area contributed by atoms with Crippen molar-refractivity contribution >= 4 is 23.1 Å². The zero-order valence-corrected chi connectivity index (χ0v) is 13.2. The number of aliphatic hydroxyl groups excluding tert-OH is 1. The standard InChI is InChI=1S/C19H17NO3/c1-10-8-11(2)16(12(3)9-10)20-17-13-6-4-5-7-14(13)18(21)15(17)19(22)23/h4-9,21H,1-3H3,(H,22,23). The van der Waals surface area contributed by atoms with Crippen molar-refractivity contribution in [3.8, 4) is 0 Å². The van der Waals surface area contributed by atoms with Gasteiger partial charge in [-0.15, -0.1) is 0 Å². The molecular formula is C19H17NO3. The fraction of sp³-hybridized carbons (Fsp3) is 0.158. The zero-order chi connectivity index (χ0) is 16.7. The van der Waals surface area contributed by atoms with Gasteiger partial charge < -0.3 is 10.2 Å². The number of rotatable bonds is 2. The van der Waals surface area contributed by atoms with Crippen LogP contribution < -0.4 is 0 Å². The Bertz CT molecular complexity index is 868. The smallest absolute Gasteiger partial charge is 0.341 e. The number of fused-ring (bicyclic) bond motifs is 1. The quantitative estimate of drug-likeness (QED) is 0.877. The Kier molecular flexibility index (Phi) is 3.52. The number of aliphatic carboxylic acids is 1. The van der Waals surface area contributed by atoms with Crippen LogP contribution in [0.25, 0.3) is 5.76 Å². The monoisotopic (exact) mass is 307 g/mol. The Morgan fingerprint density at radius 1 is 1.00 bits per heavy atom. The number of benzene rings is 2. The number of hydrogen-bond acceptors (Lipinski definition) is 3. The molecular weight excluding hydrogens is 290 g/mol. The van der Waals surface area contributed by atoms with E-state index in [1.54, 1.807) is 24.3 Å². The first-order valence-corrected chi connectivity index (χ1v) is 7.33. The van der Waals surface area contributed by atoms with Crippen molar-refractivity contribution < 1.29 is 15.0 Å². The van der Waals surface area contributed by atoms with E-state index in [2.05, 4.69) is 4.99 Å². The van der Waals surface area contributed by atoms with E-state index in [9.17, 15) is 15.0 Å². The van der Waals surface area contributed by atoms with Crippen LogP contribution in [0, 0.1) is 20.8 Å². The molecule has 0 heterocycles. The summed E-state index contributed by atoms with van der Waals surface area (Å²) >= 11 is 0. The van der Waals surface area contributed by atoms with E-state index < -0.39 is 5.97 Å². The minimum absolute atomic E-state index is 0.148. The van der Waals surface area contributed by atoms with Crippen molar-refractivity contribution in [3.63, 3.8) is 0 Å². The summed E-state index contributed by atoms with van der Waals surface area (Å²) in [6.45, 7) is 5.91. The number of hydrogen-bond donors (Lipinski definition) is 2. The Morgan fingerprint density at radius 3 is 2.13 bits per heavy atom. The average Bonchev–Trinajstić information content (AvgIpc) is 2.76. The molecule has 1 aliphatic carbocycles. The van der Waals surface area contributed by atoms with Gasteiger partial charge in [0.2, 0.25) is 0 Å². The predicted octanol–water partition coefficient (Wildman–Crippen LogP) is 4.10. The van der Waals surface area contributed by atoms with Gasteiger partial charge in [0.15, 0.2) is 0 Å². The molecule has 0 spiro atoms. The Hall–Kier alpha value is -2.88. The highest BCUT2D eigenvalue weighted by Crippen LogP contribution is 2.35. The predicted molar refractivity (Wildman–Crippen MR) is 90.5 cm³/mol. The van der Waals surface area contributed by atoms with Crippen LogP contribution in [0.1, 0.15) is 27.8 Å². The summed E-state index contributed by atoms with van der Waals surface area (Å²) in [5.41, 5.74) is 5.13. The van der Waals surface area contributed by atoms with Crippen molar-refractivity contribution in [1.82, 2.24) is 0 Å². The topological polar surface area (TPSA) is 69.9 Å². The number of aliphatic hydroxyl groups is 1. The first-order valence-electron chi connectivity index (χ1n) is 7.33. The molecule has 116 valence electrons. The number of aliphatic imine (C=N–C) groups is 1. The molecule has 0 fully saturated rings. The van der Waals surface area contributed by atoms with Gasteiger partial charge in [0.1, 0.15) is 11.3 Å². The molecule has 0 saturated carbocycles. The summed E-state index contributed by atoms with van der Waals surface area (Å²) in [6.07, 6.45) is 0. The molecule has 2 N–H and O–H groups in total. The molecule has 2 aromatic carbocycles. The van der Waals surface area contributed by atoms with E-state index in [0.717, 1.165) is 22.4 Å². The normalized spacial score (nSPS) is 15.2. The number of carbonyl (C=O) groups is 1. The van der Waals surface area contributed by atoms with Crippen LogP contribution in [-0.4, -0.2) is 21.9 Å². The highest BCUT2D eigenvalue weighted by atomic mass is 16.4. The first-order chi connectivity index (χ1) is 10.9. The molecule has 1 aliphatic rings. The van der Waals surface area contributed by atoms with Gasteiger partial charge in [-0.2, -0.15) is 0 Å². The molecule has 0 saturated heterocycles. The van der Waals surface area contributed by atoms with E-state index in [-0.39, 0.29) is 11.3 Å². The lowest BCUT2D eigenvalue weighted by Gasteiger charge is -2.09. The molecule has 0 unspecified atom stereocenters. The lowest BCUT2D eigenvalue weighted by Crippen LogP contribution is -2.10. The Balaban J connectivity index is 2.28. The largest absolute Gasteiger partial charge is 0.506 e. The Morgan fingerprint density at radius 2 is 1.57 bits per heavy atom. The lowest BCUT2D eigenvalue weighted by atomic mass is 10.0. The summed E-state index contributed by atoms with van der Waals surface area (Å²) < 4.78 is 0. The van der Waals surface area contributed by atoms with Crippen LogP contribution in [0.2, 0.25) is 0 Å². The van der Waals surface area contributed by atoms with Crippen molar-refractivity contribution in [2.24, 2.45) is 4.99 Å². The van der Waals surface area contributed by atoms with Gasteiger partial charge in [-0.3, -0.25) is 0 Å². The highest BCUT2D eigenvalue weighted by Gasteiger charge is 2.32. The maximum absolute atomic E-state index is 11.6. The molecule has 4 nitrogen and oxygen atoms in total. The fourth-order valence-electron chi connectivity index (χ4n) is 3.06. The van der Waals surface area contributed by atoms with Crippen molar-refractivity contribution in [2.45, 2.75) is 20.8 Å². The van der Waals surface area contributed by atoms with Crippen LogP contribution in [-0.2, 0) is 4.79 Å². The third kappa shape index (κ3) is 2.42. The summed E-state index contributed by atoms with van der Waals surface area (Å²) in [5, 5.41) is 19.7. The van der Waals surface area contributed by atoms with Crippen molar-refractivity contribution in [3.05, 3.63) is 69.8 Å². The van der Waals surface area contributed by atoms with Gasteiger partial charge in [0.05, 0.1) is 11.4 Å². The number of carboxylic acid groups (broad SMARTS) is 1. The van der Waals surface area contributed by atoms with Gasteiger partial charge in [-0.25, -0.2) is 9.79 Å². The van der Waals surface area contributed by atoms with Crippen LogP contribution >= 0.6 is 0 Å². The zero-order valence-electron chi connectivity index (χ0n) is 13.2. The summed E-state index contributed by atoms with van der Waals surface area (Å²) in [6, 6.07) is 11.1. The van der Waals surface area contributed by atoms with Crippen LogP contribution in [0.3, 0.4) is 0 Å². The summed E-state index contributed by atoms with van der Waals surface area (Å²) in [4.78, 5) is 16.2. The maximum atomic E-state index is 11.6. The van der Waals surface area contributed by atoms with Gasteiger partial charge >= 0.3 is 5.97 Å². The third-order valence-electron chi connectivity index (χ3n) is 3.98. The molecule has 3 rings (SSSR count). The van der Waals surface area contributed by atoms with E-state index in [4.69, 9.17) is 0 Å². The maximum Gasteiger partial charge on any atom is 0.341 e. The van der Waals surface area contributed by atoms with E-state index in [0.29, 0.717) is 16.8 Å². The van der Waals surface area contributed by atoms with Crippen LogP contribution in [0.4, 0.5) is 5.69 Å². The first kappa shape index (κ1) is 15.0. The minimum atomic E-state index is -1.18. The second kappa shape index (κ2) is 5.39. The SMILES string of the molecule is Cc1cc(C)c(N=C2C(C(=O)O)=C(O)c3ccccc32)c(C)c1. The molecule has 23 heavy (non-hydrogen) atoms. The molecule has 4 heteroatoms. The van der Waals surface area contributed by atoms with Crippen LogP contribution in [0.15, 0.2) is 47.0 Å². The molecule has 0 aromatic heterocycles. The van der Waals surface area contributed by atoms with E-state index in [1.165, 1.54) is 0 Å². The van der Waals surface area contributed by atoms with Gasteiger partial charge in [0, 0.05) is 11.1 Å². The minimum Gasteiger partial charge on any atom is -0.506 e. The fourth-order valence-corrected chi connectivity index (χ4v) is 3.06. The second-order valence-electron chi connectivity index (χ2n) is 5.78. The summed E-state index contributed by atoms with van der Waals surface area (Å²) in [5.74, 6) is -1.41.